The van der Waals surface area contributed by atoms with Crippen molar-refractivity contribution in [2.24, 2.45) is 11.7 Å². The summed E-state index contributed by atoms with van der Waals surface area (Å²) in [5, 5.41) is 0. The van der Waals surface area contributed by atoms with Gasteiger partial charge >= 0.3 is 5.97 Å². The number of rotatable bonds is 10. The summed E-state index contributed by atoms with van der Waals surface area (Å²) in [4.78, 5) is 11.9. The normalized spacial score (nSPS) is 18.4. The summed E-state index contributed by atoms with van der Waals surface area (Å²) in [6, 6.07) is 8.93. The van der Waals surface area contributed by atoms with Crippen LogP contribution in [0.5, 0.6) is 5.75 Å². The molecule has 0 saturated heterocycles. The van der Waals surface area contributed by atoms with Crippen molar-refractivity contribution in [1.82, 2.24) is 0 Å². The minimum absolute atomic E-state index is 0. The van der Waals surface area contributed by atoms with Crippen LogP contribution in [0.1, 0.15) is 40.0 Å². The number of hydrogen-bond acceptors (Lipinski definition) is 5. The van der Waals surface area contributed by atoms with Gasteiger partial charge in [-0.3, -0.25) is 4.79 Å². The average molecular weight is 372 g/mol. The van der Waals surface area contributed by atoms with E-state index in [1.165, 1.54) is 0 Å². The molecule has 0 aliphatic heterocycles. The molecule has 0 spiro atoms. The van der Waals surface area contributed by atoms with Crippen molar-refractivity contribution in [3.05, 3.63) is 30.3 Å². The highest BCUT2D eigenvalue weighted by molar-refractivity contribution is 5.85. The number of nitrogens with two attached hydrogens (primary N) is 1. The third kappa shape index (κ3) is 6.84. The summed E-state index contributed by atoms with van der Waals surface area (Å²) in [6.07, 6.45) is 2.31. The second kappa shape index (κ2) is 10.6. The Morgan fingerprint density at radius 2 is 1.88 bits per heavy atom. The van der Waals surface area contributed by atoms with Gasteiger partial charge in [-0.15, -0.1) is 12.4 Å². The lowest BCUT2D eigenvalue weighted by atomic mass is 10.0. The summed E-state index contributed by atoms with van der Waals surface area (Å²) in [5.41, 5.74) is 5.62. The molecule has 0 heterocycles. The molecule has 0 amide bonds. The van der Waals surface area contributed by atoms with Crippen LogP contribution in [0.4, 0.5) is 0 Å². The Kier molecular flexibility index (Phi) is 9.25. The van der Waals surface area contributed by atoms with Crippen LogP contribution in [0.25, 0.3) is 0 Å². The van der Waals surface area contributed by atoms with Crippen molar-refractivity contribution < 1.29 is 19.0 Å². The third-order valence-corrected chi connectivity index (χ3v) is 4.08. The predicted molar refractivity (Wildman–Crippen MR) is 100 cm³/mol. The van der Waals surface area contributed by atoms with Gasteiger partial charge in [0.2, 0.25) is 0 Å². The van der Waals surface area contributed by atoms with Gasteiger partial charge in [-0.2, -0.15) is 0 Å². The van der Waals surface area contributed by atoms with Crippen molar-refractivity contribution >= 4 is 18.4 Å². The molecule has 6 heteroatoms. The molecule has 2 N–H and O–H groups in total. The number of ether oxygens (including phenoxy) is 3. The number of para-hydroxylation sites is 1. The monoisotopic (exact) mass is 371 g/mol. The predicted octanol–water partition coefficient (Wildman–Crippen LogP) is 3.34. The molecule has 2 rings (SSSR count). The molecule has 1 fully saturated rings. The minimum Gasteiger partial charge on any atom is -0.484 e. The maximum atomic E-state index is 11.9. The van der Waals surface area contributed by atoms with Crippen LogP contribution in [-0.4, -0.2) is 36.9 Å². The maximum Gasteiger partial charge on any atom is 0.323 e. The fourth-order valence-electron chi connectivity index (χ4n) is 2.62. The zero-order chi connectivity index (χ0) is 17.5. The lowest BCUT2D eigenvalue weighted by Crippen LogP contribution is -2.47. The maximum absolute atomic E-state index is 11.9. The second-order valence-electron chi connectivity index (χ2n) is 6.50. The number of carbonyl (C=O) groups excluding carboxylic acids is 1. The van der Waals surface area contributed by atoms with E-state index in [9.17, 15) is 4.79 Å². The first-order valence-corrected chi connectivity index (χ1v) is 8.82. The Balaban J connectivity index is 0.00000312. The van der Waals surface area contributed by atoms with Crippen molar-refractivity contribution in [1.29, 1.82) is 0 Å². The highest BCUT2D eigenvalue weighted by Crippen LogP contribution is 2.38. The lowest BCUT2D eigenvalue weighted by Gasteiger charge is -2.32. The standard InChI is InChI=1S/C19H29NO4.ClH/c1-4-12-22-18(15-10-11-15)17(14(3)23-19(21)13(2)20)24-16-8-6-5-7-9-16;/h5-9,13-15,17-18H,4,10-12,20H2,1-3H3;1H/t13-,14-,17-,18-;/m0./s1. The first-order chi connectivity index (χ1) is 11.5. The zero-order valence-corrected chi connectivity index (χ0v) is 16.0. The summed E-state index contributed by atoms with van der Waals surface area (Å²) in [5.74, 6) is 0.785. The van der Waals surface area contributed by atoms with Crippen molar-refractivity contribution in [2.45, 2.75) is 64.4 Å². The van der Waals surface area contributed by atoms with Crippen LogP contribution in [-0.2, 0) is 14.3 Å². The Labute approximate surface area is 156 Å². The van der Waals surface area contributed by atoms with E-state index >= 15 is 0 Å². The highest BCUT2D eigenvalue weighted by Gasteiger charge is 2.42. The van der Waals surface area contributed by atoms with Gasteiger partial charge in [0.15, 0.2) is 6.10 Å². The molecule has 1 saturated carbocycles. The van der Waals surface area contributed by atoms with Crippen LogP contribution < -0.4 is 10.5 Å². The Hall–Kier alpha value is -1.30. The van der Waals surface area contributed by atoms with E-state index in [0.717, 1.165) is 25.0 Å². The van der Waals surface area contributed by atoms with E-state index in [1.54, 1.807) is 6.92 Å². The Morgan fingerprint density at radius 1 is 1.24 bits per heavy atom. The average Bonchev–Trinajstić information content (AvgIpc) is 3.39. The number of hydrogen-bond donors (Lipinski definition) is 1. The SMILES string of the molecule is CCCO[C@@H](C1CC1)[C@@H](Oc1ccccc1)[C@H](C)OC(=O)[C@H](C)N.Cl. The first kappa shape index (κ1) is 21.7. The molecular weight excluding hydrogens is 342 g/mol. The molecule has 4 atom stereocenters. The molecule has 0 unspecified atom stereocenters. The molecule has 1 aromatic carbocycles. The van der Waals surface area contributed by atoms with Crippen LogP contribution in [0, 0.1) is 5.92 Å². The fourth-order valence-corrected chi connectivity index (χ4v) is 2.62. The second-order valence-corrected chi connectivity index (χ2v) is 6.50. The van der Waals surface area contributed by atoms with Crippen molar-refractivity contribution in [3.8, 4) is 5.75 Å². The summed E-state index contributed by atoms with van der Waals surface area (Å²) >= 11 is 0. The largest absolute Gasteiger partial charge is 0.484 e. The molecule has 1 aromatic rings. The number of esters is 1. The highest BCUT2D eigenvalue weighted by atomic mass is 35.5. The summed E-state index contributed by atoms with van der Waals surface area (Å²) < 4.78 is 17.8. The van der Waals surface area contributed by atoms with E-state index in [1.807, 2.05) is 37.3 Å². The van der Waals surface area contributed by atoms with Crippen LogP contribution in [0.15, 0.2) is 30.3 Å². The van der Waals surface area contributed by atoms with Crippen LogP contribution in [0.2, 0.25) is 0 Å². The molecule has 0 radical (unpaired) electrons. The van der Waals surface area contributed by atoms with Crippen molar-refractivity contribution in [3.63, 3.8) is 0 Å². The van der Waals surface area contributed by atoms with Gasteiger partial charge in [0.1, 0.15) is 24.0 Å². The topological polar surface area (TPSA) is 70.8 Å². The van der Waals surface area contributed by atoms with Gasteiger partial charge < -0.3 is 19.9 Å². The third-order valence-electron chi connectivity index (χ3n) is 4.08. The molecule has 1 aliphatic rings. The molecule has 0 aromatic heterocycles. The lowest BCUT2D eigenvalue weighted by molar-refractivity contribution is -0.160. The van der Waals surface area contributed by atoms with Crippen LogP contribution in [0.3, 0.4) is 0 Å². The number of halogens is 1. The van der Waals surface area contributed by atoms with Gasteiger partial charge in [0.05, 0.1) is 0 Å². The fraction of sp³-hybridized carbons (Fsp3) is 0.632. The molecular formula is C19H30ClNO4. The summed E-state index contributed by atoms with van der Waals surface area (Å²) in [6.45, 7) is 6.22. The van der Waals surface area contributed by atoms with E-state index in [4.69, 9.17) is 19.9 Å². The zero-order valence-electron chi connectivity index (χ0n) is 15.2. The summed E-state index contributed by atoms with van der Waals surface area (Å²) in [7, 11) is 0. The van der Waals surface area contributed by atoms with E-state index in [2.05, 4.69) is 6.92 Å². The van der Waals surface area contributed by atoms with Gasteiger partial charge in [0.25, 0.3) is 0 Å². The van der Waals surface area contributed by atoms with Crippen molar-refractivity contribution in [2.75, 3.05) is 6.61 Å². The van der Waals surface area contributed by atoms with Gasteiger partial charge in [0, 0.05) is 6.61 Å². The van der Waals surface area contributed by atoms with Gasteiger partial charge in [-0.05, 0) is 51.2 Å². The minimum atomic E-state index is -0.652. The molecule has 5 nitrogen and oxygen atoms in total. The van der Waals surface area contributed by atoms with E-state index in [0.29, 0.717) is 12.5 Å². The van der Waals surface area contributed by atoms with Crippen LogP contribution >= 0.6 is 12.4 Å². The van der Waals surface area contributed by atoms with Gasteiger partial charge in [-0.1, -0.05) is 25.1 Å². The number of carbonyl (C=O) groups is 1. The number of benzene rings is 1. The Morgan fingerprint density at radius 3 is 2.40 bits per heavy atom. The first-order valence-electron chi connectivity index (χ1n) is 8.82. The molecule has 0 bridgehead atoms. The Bertz CT molecular complexity index is 507. The smallest absolute Gasteiger partial charge is 0.323 e. The molecule has 1 aliphatic carbocycles. The van der Waals surface area contributed by atoms with E-state index < -0.39 is 18.1 Å². The molecule has 25 heavy (non-hydrogen) atoms. The van der Waals surface area contributed by atoms with Gasteiger partial charge in [-0.25, -0.2) is 0 Å². The molecule has 142 valence electrons. The quantitative estimate of drug-likeness (QED) is 0.639. The van der Waals surface area contributed by atoms with E-state index in [-0.39, 0.29) is 24.6 Å².